The van der Waals surface area contributed by atoms with Gasteiger partial charge in [0.25, 0.3) is 5.56 Å². The number of aromatic amines is 4. The zero-order valence-electron chi connectivity index (χ0n) is 10.9. The van der Waals surface area contributed by atoms with Crippen molar-refractivity contribution in [2.75, 3.05) is 11.5 Å². The molecule has 0 bridgehead atoms. The second-order valence-corrected chi connectivity index (χ2v) is 4.49. The molecule has 0 amide bonds. The Morgan fingerprint density at radius 3 is 2.45 bits per heavy atom. The molecule has 0 spiro atoms. The van der Waals surface area contributed by atoms with Gasteiger partial charge in [0.05, 0.1) is 12.7 Å². The van der Waals surface area contributed by atoms with Crippen LogP contribution in [0.2, 0.25) is 0 Å². The molecular formula is C10H10N10OS. The zero-order chi connectivity index (χ0) is 15.7. The molecule has 0 saturated carbocycles. The summed E-state index contributed by atoms with van der Waals surface area (Å²) >= 11 is 4.91. The van der Waals surface area contributed by atoms with Crippen molar-refractivity contribution in [2.24, 2.45) is 0 Å². The summed E-state index contributed by atoms with van der Waals surface area (Å²) in [5, 5.41) is 0. The maximum atomic E-state index is 11.0. The number of hydrogen-bond donors (Lipinski definition) is 6. The molecular weight excluding hydrogens is 308 g/mol. The quantitative estimate of drug-likeness (QED) is 0.241. The van der Waals surface area contributed by atoms with Crippen LogP contribution in [-0.4, -0.2) is 39.9 Å². The van der Waals surface area contributed by atoms with E-state index in [-0.39, 0.29) is 17.5 Å². The summed E-state index contributed by atoms with van der Waals surface area (Å²) in [7, 11) is 0. The van der Waals surface area contributed by atoms with Gasteiger partial charge >= 0.3 is 0 Å². The molecule has 0 aliphatic carbocycles. The molecule has 0 saturated heterocycles. The van der Waals surface area contributed by atoms with Crippen LogP contribution in [0.1, 0.15) is 0 Å². The van der Waals surface area contributed by atoms with Crippen molar-refractivity contribution in [1.29, 1.82) is 0 Å². The second kappa shape index (κ2) is 5.25. The van der Waals surface area contributed by atoms with Gasteiger partial charge < -0.3 is 26.4 Å². The van der Waals surface area contributed by atoms with E-state index < -0.39 is 0 Å². The van der Waals surface area contributed by atoms with E-state index in [0.29, 0.717) is 27.0 Å². The normalized spacial score (nSPS) is 10.5. The van der Waals surface area contributed by atoms with Gasteiger partial charge in [-0.2, -0.15) is 4.98 Å². The van der Waals surface area contributed by atoms with E-state index in [1.165, 1.54) is 12.7 Å². The molecule has 0 aliphatic rings. The molecule has 4 aromatic rings. The molecule has 112 valence electrons. The number of H-pyrrole nitrogens is 4. The van der Waals surface area contributed by atoms with Crippen molar-refractivity contribution in [3.63, 3.8) is 0 Å². The highest BCUT2D eigenvalue weighted by Gasteiger charge is 2.01. The van der Waals surface area contributed by atoms with Gasteiger partial charge in [-0.15, -0.1) is 0 Å². The third kappa shape index (κ3) is 2.49. The summed E-state index contributed by atoms with van der Waals surface area (Å²) < 4.78 is 0.439. The van der Waals surface area contributed by atoms with Gasteiger partial charge in [-0.1, -0.05) is 12.2 Å². The number of hydrogen-bond acceptors (Lipinski definition) is 8. The zero-order valence-corrected chi connectivity index (χ0v) is 11.7. The number of nitrogens with zero attached hydrogens (tertiary/aromatic N) is 4. The minimum Gasteiger partial charge on any atom is -0.369 e. The van der Waals surface area contributed by atoms with Crippen molar-refractivity contribution >= 4 is 46.4 Å². The van der Waals surface area contributed by atoms with E-state index in [2.05, 4.69) is 39.9 Å². The Hall–Kier alpha value is -3.28. The fourth-order valence-corrected chi connectivity index (χ4v) is 1.98. The average Bonchev–Trinajstić information content (AvgIpc) is 3.07. The monoisotopic (exact) mass is 318 g/mol. The van der Waals surface area contributed by atoms with Gasteiger partial charge in [0.2, 0.25) is 11.9 Å². The first-order chi connectivity index (χ1) is 10.5. The number of imidazole rings is 2. The Kier molecular flexibility index (Phi) is 3.27. The minimum atomic E-state index is -0.301. The van der Waals surface area contributed by atoms with Crippen LogP contribution in [0.25, 0.3) is 22.3 Å². The highest BCUT2D eigenvalue weighted by Crippen LogP contribution is 2.06. The van der Waals surface area contributed by atoms with Crippen LogP contribution in [-0.2, 0) is 0 Å². The highest BCUT2D eigenvalue weighted by molar-refractivity contribution is 7.71. The van der Waals surface area contributed by atoms with Crippen molar-refractivity contribution in [3.05, 3.63) is 27.6 Å². The molecule has 0 aromatic carbocycles. The van der Waals surface area contributed by atoms with Crippen LogP contribution in [0, 0.1) is 4.64 Å². The lowest BCUT2D eigenvalue weighted by atomic mass is 10.5. The van der Waals surface area contributed by atoms with Crippen LogP contribution < -0.4 is 17.0 Å². The van der Waals surface area contributed by atoms with Gasteiger partial charge in [-0.3, -0.25) is 9.78 Å². The number of nitrogens with two attached hydrogens (primary N) is 2. The van der Waals surface area contributed by atoms with Crippen LogP contribution >= 0.6 is 12.2 Å². The van der Waals surface area contributed by atoms with Gasteiger partial charge in [-0.05, 0) is 0 Å². The first-order valence-electron chi connectivity index (χ1n) is 5.92. The Labute approximate surface area is 126 Å². The van der Waals surface area contributed by atoms with E-state index in [1.54, 1.807) is 0 Å². The molecule has 4 heterocycles. The minimum absolute atomic E-state index is 0.0783. The molecule has 12 heteroatoms. The molecule has 0 fully saturated rings. The Bertz CT molecular complexity index is 971. The van der Waals surface area contributed by atoms with E-state index in [9.17, 15) is 4.79 Å². The van der Waals surface area contributed by atoms with Crippen molar-refractivity contribution in [2.45, 2.75) is 0 Å². The van der Waals surface area contributed by atoms with Gasteiger partial charge in [0.1, 0.15) is 5.52 Å². The number of nitrogen functional groups attached to an aromatic ring is 2. The third-order valence-corrected chi connectivity index (χ3v) is 2.93. The molecule has 11 nitrogen and oxygen atoms in total. The van der Waals surface area contributed by atoms with Gasteiger partial charge in [0, 0.05) is 0 Å². The van der Waals surface area contributed by atoms with Crippen LogP contribution in [0.15, 0.2) is 17.4 Å². The summed E-state index contributed by atoms with van der Waals surface area (Å²) in [5.41, 5.74) is 12.4. The molecule has 4 aromatic heterocycles. The number of nitrogens with one attached hydrogen (secondary N) is 4. The largest absolute Gasteiger partial charge is 0.369 e. The smallest absolute Gasteiger partial charge is 0.278 e. The molecule has 0 atom stereocenters. The van der Waals surface area contributed by atoms with Gasteiger partial charge in [0.15, 0.2) is 21.5 Å². The molecule has 22 heavy (non-hydrogen) atoms. The Morgan fingerprint density at radius 2 is 1.64 bits per heavy atom. The maximum Gasteiger partial charge on any atom is 0.278 e. The number of aromatic nitrogens is 8. The first kappa shape index (κ1) is 13.7. The van der Waals surface area contributed by atoms with Crippen molar-refractivity contribution in [3.8, 4) is 0 Å². The predicted octanol–water partition coefficient (Wildman–Crippen LogP) is -0.174. The lowest BCUT2D eigenvalue weighted by Gasteiger charge is -1.91. The summed E-state index contributed by atoms with van der Waals surface area (Å²) in [6.07, 6.45) is 2.93. The number of fused-ring (bicyclic) bond motifs is 2. The van der Waals surface area contributed by atoms with Gasteiger partial charge in [-0.25, -0.2) is 15.0 Å². The highest BCUT2D eigenvalue weighted by atomic mass is 32.1. The maximum absolute atomic E-state index is 11.0. The summed E-state index contributed by atoms with van der Waals surface area (Å²) in [5.74, 6) is 0.365. The summed E-state index contributed by atoms with van der Waals surface area (Å²) in [6.45, 7) is 0. The standard InChI is InChI=1S/C5H5N5O.C5H5N5S/c2*6-5-9-3-2(4(11)10-5)7-1-8-3/h2*1H,(H4,6,7,8,9,10,11). The third-order valence-electron chi connectivity index (χ3n) is 2.64. The lowest BCUT2D eigenvalue weighted by Crippen LogP contribution is -2.10. The van der Waals surface area contributed by atoms with Crippen LogP contribution in [0.4, 0.5) is 11.9 Å². The lowest BCUT2D eigenvalue weighted by molar-refractivity contribution is 1.17. The number of rotatable bonds is 0. The summed E-state index contributed by atoms with van der Waals surface area (Å²) in [4.78, 5) is 36.9. The molecule has 8 N–H and O–H groups in total. The fraction of sp³-hybridized carbons (Fsp3) is 0. The fourth-order valence-electron chi connectivity index (χ4n) is 1.73. The molecule has 0 unspecified atom stereocenters. The average molecular weight is 318 g/mol. The Balaban J connectivity index is 0.000000131. The van der Waals surface area contributed by atoms with E-state index >= 15 is 0 Å². The van der Waals surface area contributed by atoms with E-state index in [1.807, 2.05) is 0 Å². The first-order valence-corrected chi connectivity index (χ1v) is 6.33. The molecule has 0 aliphatic heterocycles. The Morgan fingerprint density at radius 1 is 0.955 bits per heavy atom. The van der Waals surface area contributed by atoms with E-state index in [0.717, 1.165) is 0 Å². The predicted molar refractivity (Wildman–Crippen MR) is 82.4 cm³/mol. The summed E-state index contributed by atoms with van der Waals surface area (Å²) in [6, 6.07) is 0. The van der Waals surface area contributed by atoms with Crippen molar-refractivity contribution < 1.29 is 0 Å². The molecule has 4 rings (SSSR count). The van der Waals surface area contributed by atoms with Crippen molar-refractivity contribution in [1.82, 2.24) is 39.9 Å². The number of anilines is 2. The van der Waals surface area contributed by atoms with E-state index in [4.69, 9.17) is 23.7 Å². The van der Waals surface area contributed by atoms with Crippen LogP contribution in [0.3, 0.4) is 0 Å². The molecule has 0 radical (unpaired) electrons. The second-order valence-electron chi connectivity index (χ2n) is 4.11. The topological polar surface area (TPSA) is 184 Å². The SMILES string of the molecule is Nc1nc(=S)c2[nH]cnc2[nH]1.Nc1nc2nc[nH]c2c(=O)[nH]1. The van der Waals surface area contributed by atoms with Crippen LogP contribution in [0.5, 0.6) is 0 Å².